The zero-order valence-corrected chi connectivity index (χ0v) is 33.2. The summed E-state index contributed by atoms with van der Waals surface area (Å²) in [5.74, 6) is -0.133. The Bertz CT molecular complexity index is 872. The molecule has 0 aliphatic carbocycles. The molecule has 10 heteroatoms. The van der Waals surface area contributed by atoms with Crippen LogP contribution in [0.15, 0.2) is 0 Å². The van der Waals surface area contributed by atoms with Crippen LogP contribution in [0.5, 0.6) is 0 Å². The van der Waals surface area contributed by atoms with Crippen molar-refractivity contribution in [2.24, 2.45) is 17.8 Å². The Balaban J connectivity index is 6.96. The predicted octanol–water partition coefficient (Wildman–Crippen LogP) is 7.87. The number of nitrogens with one attached hydrogen (secondary N) is 2. The second kappa shape index (κ2) is 16.1. The summed E-state index contributed by atoms with van der Waals surface area (Å²) in [5.41, 5.74) is -0.676. The predicted molar refractivity (Wildman–Crippen MR) is 184 cm³/mol. The first kappa shape index (κ1) is 42.1. The van der Waals surface area contributed by atoms with Gasteiger partial charge in [0.1, 0.15) is 5.60 Å². The van der Waals surface area contributed by atoms with E-state index in [9.17, 15) is 14.7 Å². The van der Waals surface area contributed by atoms with Crippen LogP contribution in [0, 0.1) is 17.8 Å². The van der Waals surface area contributed by atoms with Crippen LogP contribution in [0.2, 0.25) is 36.3 Å². The third kappa shape index (κ3) is 14.4. The molecule has 256 valence electrons. The molecule has 3 N–H and O–H groups in total. The highest BCUT2D eigenvalue weighted by Gasteiger charge is 2.46. The monoisotopic (exact) mass is 646 g/mol. The lowest BCUT2D eigenvalue weighted by Crippen LogP contribution is -2.59. The number of hydrogen-bond acceptors (Lipinski definition) is 6. The fraction of sp³-hybridized carbons (Fsp3) is 0.939. The van der Waals surface area contributed by atoms with E-state index in [-0.39, 0.29) is 46.4 Å². The number of aliphatic hydroxyl groups excluding tert-OH is 1. The quantitative estimate of drug-likeness (QED) is 0.156. The number of carbonyl (C=O) groups excluding carboxylic acids is 2. The van der Waals surface area contributed by atoms with E-state index in [1.165, 1.54) is 0 Å². The van der Waals surface area contributed by atoms with Gasteiger partial charge >= 0.3 is 6.09 Å². The van der Waals surface area contributed by atoms with E-state index in [4.69, 9.17) is 13.6 Å². The van der Waals surface area contributed by atoms with Gasteiger partial charge in [0.25, 0.3) is 0 Å². The van der Waals surface area contributed by atoms with Crippen molar-refractivity contribution >= 4 is 28.6 Å². The lowest BCUT2D eigenvalue weighted by molar-refractivity contribution is -0.128. The van der Waals surface area contributed by atoms with Crippen molar-refractivity contribution in [2.45, 2.75) is 176 Å². The normalized spacial score (nSPS) is 17.3. The van der Waals surface area contributed by atoms with Crippen LogP contribution < -0.4 is 10.6 Å². The minimum absolute atomic E-state index is 0.0380. The van der Waals surface area contributed by atoms with E-state index < -0.39 is 46.6 Å². The summed E-state index contributed by atoms with van der Waals surface area (Å²) in [4.78, 5) is 27.1. The van der Waals surface area contributed by atoms with Crippen LogP contribution in [0.25, 0.3) is 0 Å². The minimum atomic E-state index is -2.38. The number of hydrogen-bond donors (Lipinski definition) is 3. The molecule has 0 aromatic rings. The van der Waals surface area contributed by atoms with Crippen LogP contribution in [0.1, 0.15) is 110 Å². The molecular formula is C33H70N2O6Si2. The Morgan fingerprint density at radius 3 is 1.58 bits per heavy atom. The molecule has 8 nitrogen and oxygen atoms in total. The average molecular weight is 647 g/mol. The first-order valence-corrected chi connectivity index (χ1v) is 22.1. The molecule has 43 heavy (non-hydrogen) atoms. The molecule has 0 saturated heterocycles. The Morgan fingerprint density at radius 2 is 1.21 bits per heavy atom. The van der Waals surface area contributed by atoms with Crippen LogP contribution >= 0.6 is 0 Å². The third-order valence-corrected chi connectivity index (χ3v) is 18.2. The van der Waals surface area contributed by atoms with E-state index in [2.05, 4.69) is 92.2 Å². The maximum Gasteiger partial charge on any atom is 0.408 e. The van der Waals surface area contributed by atoms with Gasteiger partial charge in [-0.1, -0.05) is 69.2 Å². The molecule has 5 atom stereocenters. The highest BCUT2D eigenvalue weighted by Crippen LogP contribution is 2.41. The van der Waals surface area contributed by atoms with Crippen molar-refractivity contribution in [1.29, 1.82) is 0 Å². The number of ether oxygens (including phenoxy) is 1. The first-order valence-electron chi connectivity index (χ1n) is 16.3. The third-order valence-electron chi connectivity index (χ3n) is 9.10. The zero-order valence-electron chi connectivity index (χ0n) is 31.2. The average Bonchev–Trinajstić information content (AvgIpc) is 2.76. The molecule has 0 radical (unpaired) electrons. The molecule has 2 amide bonds. The zero-order chi connectivity index (χ0) is 34.4. The summed E-state index contributed by atoms with van der Waals surface area (Å²) >= 11 is 0. The van der Waals surface area contributed by atoms with Crippen LogP contribution in [0.4, 0.5) is 4.79 Å². The molecular weight excluding hydrogens is 577 g/mol. The molecule has 0 saturated carbocycles. The van der Waals surface area contributed by atoms with Crippen molar-refractivity contribution in [1.82, 2.24) is 10.6 Å². The van der Waals surface area contributed by atoms with E-state index in [0.29, 0.717) is 12.8 Å². The van der Waals surface area contributed by atoms with E-state index in [1.54, 1.807) is 0 Å². The Kier molecular flexibility index (Phi) is 15.7. The van der Waals surface area contributed by atoms with Gasteiger partial charge in [0.05, 0.1) is 30.9 Å². The molecule has 0 aromatic heterocycles. The summed E-state index contributed by atoms with van der Waals surface area (Å²) in [6, 6.07) is -0.891. The number of alkyl carbamates (subject to hydrolysis) is 1. The summed E-state index contributed by atoms with van der Waals surface area (Å²) in [5, 5.41) is 16.1. The SMILES string of the molecule is CC(C)C[C@H](C[C@H](O[Si](C)(C)C(C)(C)C)[C@@H](NC(=O)OC(C)(C)C)[C@@H](C)O[Si](C)(C)C(C)(C)C)C(=O)N[C@H](CO)C(C)C. The topological polar surface area (TPSA) is 106 Å². The van der Waals surface area contributed by atoms with Crippen molar-refractivity contribution in [3.8, 4) is 0 Å². The van der Waals surface area contributed by atoms with Crippen molar-refractivity contribution in [3.05, 3.63) is 0 Å². The molecule has 0 aliphatic heterocycles. The summed E-state index contributed by atoms with van der Waals surface area (Å²) in [7, 11) is -4.62. The Labute approximate surface area is 267 Å². The smallest absolute Gasteiger partial charge is 0.408 e. The van der Waals surface area contributed by atoms with Gasteiger partial charge in [-0.15, -0.1) is 0 Å². The standard InChI is InChI=1S/C33H70N2O6Si2/c1-22(2)19-25(29(37)34-26(21-36)23(3)4)20-27(41-43(17,18)33(12,13)14)28(35-30(38)39-31(6,7)8)24(5)40-42(15,16)32(9,10)11/h22-28,36H,19-21H2,1-18H3,(H,34,37)(H,35,38)/t24-,25-,26-,27+,28+/m1/s1. The van der Waals surface area contributed by atoms with Crippen LogP contribution in [0.3, 0.4) is 0 Å². The molecule has 0 unspecified atom stereocenters. The number of rotatable bonds is 15. The number of aliphatic hydroxyl groups is 1. The van der Waals surface area contributed by atoms with Gasteiger partial charge in [-0.25, -0.2) is 4.79 Å². The van der Waals surface area contributed by atoms with Gasteiger partial charge in [-0.2, -0.15) is 0 Å². The van der Waals surface area contributed by atoms with E-state index in [1.807, 2.05) is 41.5 Å². The Hall–Kier alpha value is -0.946. The minimum Gasteiger partial charge on any atom is -0.444 e. The second-order valence-electron chi connectivity index (χ2n) is 17.3. The summed E-state index contributed by atoms with van der Waals surface area (Å²) in [6.07, 6.45) is -0.382. The molecule has 0 spiro atoms. The fourth-order valence-electron chi connectivity index (χ4n) is 4.38. The lowest BCUT2D eigenvalue weighted by Gasteiger charge is -2.46. The molecule has 0 aromatic carbocycles. The number of amides is 2. The largest absolute Gasteiger partial charge is 0.444 e. The maximum absolute atomic E-state index is 13.8. The van der Waals surface area contributed by atoms with Gasteiger partial charge in [-0.3, -0.25) is 4.79 Å². The molecule has 0 fully saturated rings. The molecule has 0 heterocycles. The lowest BCUT2D eigenvalue weighted by atomic mass is 9.87. The van der Waals surface area contributed by atoms with Gasteiger partial charge in [-0.05, 0) is 88.6 Å². The van der Waals surface area contributed by atoms with Gasteiger partial charge < -0.3 is 29.3 Å². The van der Waals surface area contributed by atoms with Crippen molar-refractivity contribution in [2.75, 3.05) is 6.61 Å². The summed E-state index contributed by atoms with van der Waals surface area (Å²) in [6.45, 7) is 37.6. The van der Waals surface area contributed by atoms with Gasteiger partial charge in [0.2, 0.25) is 5.91 Å². The summed E-state index contributed by atoms with van der Waals surface area (Å²) < 4.78 is 19.7. The van der Waals surface area contributed by atoms with Crippen LogP contribution in [-0.4, -0.2) is 70.2 Å². The van der Waals surface area contributed by atoms with Crippen LogP contribution in [-0.2, 0) is 18.4 Å². The highest BCUT2D eigenvalue weighted by molar-refractivity contribution is 6.74. The molecule has 0 rings (SSSR count). The van der Waals surface area contributed by atoms with Crippen molar-refractivity contribution in [3.63, 3.8) is 0 Å². The van der Waals surface area contributed by atoms with Crippen molar-refractivity contribution < 1.29 is 28.3 Å². The highest BCUT2D eigenvalue weighted by atomic mass is 28.4. The van der Waals surface area contributed by atoms with E-state index >= 15 is 0 Å². The van der Waals surface area contributed by atoms with Gasteiger partial charge in [0.15, 0.2) is 16.6 Å². The maximum atomic E-state index is 13.8. The second-order valence-corrected chi connectivity index (χ2v) is 26.8. The molecule has 0 aliphatic rings. The number of carbonyl (C=O) groups is 2. The Morgan fingerprint density at radius 1 is 0.744 bits per heavy atom. The first-order chi connectivity index (χ1) is 19.0. The van der Waals surface area contributed by atoms with Gasteiger partial charge in [0, 0.05) is 5.92 Å². The fourth-order valence-corrected chi connectivity index (χ4v) is 7.16. The van der Waals surface area contributed by atoms with E-state index in [0.717, 1.165) is 0 Å². The molecule has 0 bridgehead atoms.